The molecule has 0 spiro atoms. The van der Waals surface area contributed by atoms with Crippen molar-refractivity contribution in [3.05, 3.63) is 102 Å². The van der Waals surface area contributed by atoms with Crippen molar-refractivity contribution in [2.24, 2.45) is 0 Å². The maximum Gasteiger partial charge on any atom is 0.244 e. The molecule has 0 aromatic heterocycles. The van der Waals surface area contributed by atoms with E-state index in [1.807, 2.05) is 85.8 Å². The number of benzene rings is 3. The zero-order valence-electron chi connectivity index (χ0n) is 16.7. The van der Waals surface area contributed by atoms with Gasteiger partial charge >= 0.3 is 0 Å². The summed E-state index contributed by atoms with van der Waals surface area (Å²) in [5.41, 5.74) is 3.01. The fraction of sp³-hybridized carbons (Fsp3) is 0.160. The summed E-state index contributed by atoms with van der Waals surface area (Å²) >= 11 is 0. The molecule has 3 rings (SSSR count). The van der Waals surface area contributed by atoms with E-state index in [9.17, 15) is 4.79 Å². The third-order valence-electron chi connectivity index (χ3n) is 4.51. The molecule has 148 valence electrons. The lowest BCUT2D eigenvalue weighted by molar-refractivity contribution is -0.117. The van der Waals surface area contributed by atoms with Crippen molar-refractivity contribution in [3.63, 3.8) is 0 Å². The highest BCUT2D eigenvalue weighted by molar-refractivity contribution is 5.92. The zero-order chi connectivity index (χ0) is 20.5. The minimum absolute atomic E-state index is 0.0587. The highest BCUT2D eigenvalue weighted by atomic mass is 16.5. The van der Waals surface area contributed by atoms with Gasteiger partial charge in [-0.05, 0) is 41.8 Å². The minimum atomic E-state index is -0.148. The van der Waals surface area contributed by atoms with Crippen molar-refractivity contribution >= 4 is 12.0 Å². The number of carbonyl (C=O) groups is 1. The summed E-state index contributed by atoms with van der Waals surface area (Å²) in [6.07, 6.45) is 3.29. The Bertz CT molecular complexity index is 952. The van der Waals surface area contributed by atoms with Crippen LogP contribution in [0.3, 0.4) is 0 Å². The smallest absolute Gasteiger partial charge is 0.244 e. The second-order valence-corrected chi connectivity index (χ2v) is 6.66. The number of hydrogen-bond donors (Lipinski definition) is 1. The van der Waals surface area contributed by atoms with Gasteiger partial charge in [-0.15, -0.1) is 0 Å². The molecular formula is C25H25NO3. The van der Waals surface area contributed by atoms with Gasteiger partial charge < -0.3 is 14.8 Å². The Hall–Kier alpha value is -3.53. The largest absolute Gasteiger partial charge is 0.493 e. The summed E-state index contributed by atoms with van der Waals surface area (Å²) in [6.45, 7) is 2.43. The van der Waals surface area contributed by atoms with Gasteiger partial charge in [0.25, 0.3) is 0 Å². The van der Waals surface area contributed by atoms with Crippen molar-refractivity contribution in [2.45, 2.75) is 19.6 Å². The fourth-order valence-electron chi connectivity index (χ4n) is 2.90. The zero-order valence-corrected chi connectivity index (χ0v) is 16.7. The molecule has 0 aliphatic heterocycles. The van der Waals surface area contributed by atoms with Crippen LogP contribution in [0, 0.1) is 0 Å². The first-order valence-corrected chi connectivity index (χ1v) is 9.54. The quantitative estimate of drug-likeness (QED) is 0.543. The lowest BCUT2D eigenvalue weighted by Gasteiger charge is -2.13. The molecule has 0 fully saturated rings. The molecule has 1 unspecified atom stereocenters. The van der Waals surface area contributed by atoms with E-state index in [2.05, 4.69) is 5.32 Å². The van der Waals surface area contributed by atoms with E-state index < -0.39 is 0 Å². The third-order valence-corrected chi connectivity index (χ3v) is 4.51. The molecule has 1 N–H and O–H groups in total. The number of nitrogens with one attached hydrogen (secondary N) is 1. The molecule has 0 aliphatic carbocycles. The Balaban J connectivity index is 1.61. The number of ether oxygens (including phenoxy) is 2. The standard InChI is InChI=1S/C25H25NO3/c1-19(22-11-7-4-8-12-22)26-25(27)16-14-20-13-15-23(24(17-20)28-2)29-18-21-9-5-3-6-10-21/h3-17,19H,18H2,1-2H3,(H,26,27)/b16-14+. The van der Waals surface area contributed by atoms with Crippen molar-refractivity contribution in [2.75, 3.05) is 7.11 Å². The van der Waals surface area contributed by atoms with Gasteiger partial charge in [-0.25, -0.2) is 0 Å². The molecule has 29 heavy (non-hydrogen) atoms. The Labute approximate surface area is 171 Å². The van der Waals surface area contributed by atoms with Crippen LogP contribution < -0.4 is 14.8 Å². The van der Waals surface area contributed by atoms with Gasteiger partial charge in [-0.2, -0.15) is 0 Å². The molecule has 0 aliphatic rings. The van der Waals surface area contributed by atoms with Crippen LogP contribution in [-0.2, 0) is 11.4 Å². The normalized spacial score (nSPS) is 11.8. The molecule has 0 saturated heterocycles. The van der Waals surface area contributed by atoms with E-state index in [0.717, 1.165) is 16.7 Å². The van der Waals surface area contributed by atoms with E-state index >= 15 is 0 Å². The van der Waals surface area contributed by atoms with Gasteiger partial charge in [0.05, 0.1) is 13.2 Å². The molecule has 0 radical (unpaired) electrons. The highest BCUT2D eigenvalue weighted by Gasteiger charge is 2.08. The number of amides is 1. The Morgan fingerprint density at radius 2 is 1.66 bits per heavy atom. The van der Waals surface area contributed by atoms with Crippen molar-refractivity contribution < 1.29 is 14.3 Å². The van der Waals surface area contributed by atoms with Crippen LogP contribution >= 0.6 is 0 Å². The first kappa shape index (κ1) is 20.2. The van der Waals surface area contributed by atoms with Gasteiger partial charge in [-0.3, -0.25) is 4.79 Å². The van der Waals surface area contributed by atoms with E-state index in [0.29, 0.717) is 18.1 Å². The molecular weight excluding hydrogens is 362 g/mol. The maximum absolute atomic E-state index is 12.2. The van der Waals surface area contributed by atoms with E-state index in [4.69, 9.17) is 9.47 Å². The number of rotatable bonds is 8. The number of methoxy groups -OCH3 is 1. The molecule has 0 saturated carbocycles. The maximum atomic E-state index is 12.2. The minimum Gasteiger partial charge on any atom is -0.493 e. The lowest BCUT2D eigenvalue weighted by atomic mass is 10.1. The summed E-state index contributed by atoms with van der Waals surface area (Å²) < 4.78 is 11.3. The van der Waals surface area contributed by atoms with Crippen LogP contribution in [0.4, 0.5) is 0 Å². The van der Waals surface area contributed by atoms with Crippen molar-refractivity contribution in [1.29, 1.82) is 0 Å². The van der Waals surface area contributed by atoms with Crippen LogP contribution in [0.5, 0.6) is 11.5 Å². The molecule has 1 amide bonds. The van der Waals surface area contributed by atoms with E-state index in [1.54, 1.807) is 13.2 Å². The van der Waals surface area contributed by atoms with Gasteiger partial charge in [0.2, 0.25) is 5.91 Å². The molecule has 3 aromatic carbocycles. The number of carbonyl (C=O) groups excluding carboxylic acids is 1. The molecule has 3 aromatic rings. The van der Waals surface area contributed by atoms with E-state index in [1.165, 1.54) is 6.08 Å². The van der Waals surface area contributed by atoms with Crippen molar-refractivity contribution in [3.8, 4) is 11.5 Å². The first-order valence-electron chi connectivity index (χ1n) is 9.54. The molecule has 4 nitrogen and oxygen atoms in total. The van der Waals surface area contributed by atoms with Crippen LogP contribution in [-0.4, -0.2) is 13.0 Å². The summed E-state index contributed by atoms with van der Waals surface area (Å²) in [5.74, 6) is 1.14. The van der Waals surface area contributed by atoms with Crippen LogP contribution in [0.1, 0.15) is 29.7 Å². The molecule has 4 heteroatoms. The lowest BCUT2D eigenvalue weighted by Crippen LogP contribution is -2.24. The molecule has 1 atom stereocenters. The Morgan fingerprint density at radius 3 is 2.34 bits per heavy atom. The van der Waals surface area contributed by atoms with Gasteiger partial charge in [0.15, 0.2) is 11.5 Å². The first-order chi connectivity index (χ1) is 14.2. The number of hydrogen-bond acceptors (Lipinski definition) is 3. The van der Waals surface area contributed by atoms with Crippen LogP contribution in [0.25, 0.3) is 6.08 Å². The molecule has 0 heterocycles. The van der Waals surface area contributed by atoms with Gasteiger partial charge in [0.1, 0.15) is 6.61 Å². The summed E-state index contributed by atoms with van der Waals surface area (Å²) in [5, 5.41) is 2.96. The highest BCUT2D eigenvalue weighted by Crippen LogP contribution is 2.29. The Morgan fingerprint density at radius 1 is 0.966 bits per heavy atom. The van der Waals surface area contributed by atoms with E-state index in [-0.39, 0.29) is 11.9 Å². The van der Waals surface area contributed by atoms with Crippen LogP contribution in [0.15, 0.2) is 84.9 Å². The summed E-state index contributed by atoms with van der Waals surface area (Å²) in [4.78, 5) is 12.2. The average molecular weight is 387 g/mol. The van der Waals surface area contributed by atoms with Crippen LogP contribution in [0.2, 0.25) is 0 Å². The van der Waals surface area contributed by atoms with Crippen molar-refractivity contribution in [1.82, 2.24) is 5.32 Å². The molecule has 0 bridgehead atoms. The van der Waals surface area contributed by atoms with Gasteiger partial charge in [-0.1, -0.05) is 66.7 Å². The van der Waals surface area contributed by atoms with Gasteiger partial charge in [0, 0.05) is 6.08 Å². The third kappa shape index (κ3) is 5.98. The second-order valence-electron chi connectivity index (χ2n) is 6.66. The Kier molecular flexibility index (Phi) is 7.06. The monoisotopic (exact) mass is 387 g/mol. The SMILES string of the molecule is COc1cc(/C=C/C(=O)NC(C)c2ccccc2)ccc1OCc1ccccc1. The summed E-state index contributed by atoms with van der Waals surface area (Å²) in [7, 11) is 1.60. The second kappa shape index (κ2) is 10.1. The topological polar surface area (TPSA) is 47.6 Å². The fourth-order valence-corrected chi connectivity index (χ4v) is 2.90. The predicted molar refractivity (Wildman–Crippen MR) is 116 cm³/mol. The predicted octanol–water partition coefficient (Wildman–Crippen LogP) is 5.16. The summed E-state index contributed by atoms with van der Waals surface area (Å²) in [6, 6.07) is 25.4. The average Bonchev–Trinajstić information content (AvgIpc) is 2.77.